The van der Waals surface area contributed by atoms with Gasteiger partial charge in [0.1, 0.15) is 5.75 Å². The molecular weight excluding hydrogens is 274 g/mol. The first kappa shape index (κ1) is 12.9. The zero-order valence-corrected chi connectivity index (χ0v) is 12.3. The molecule has 20 heavy (non-hydrogen) atoms. The molecule has 1 N–H and O–H groups in total. The first-order chi connectivity index (χ1) is 9.76. The summed E-state index contributed by atoms with van der Waals surface area (Å²) in [6.45, 7) is 3.88. The molecule has 3 heterocycles. The van der Waals surface area contributed by atoms with Crippen molar-refractivity contribution in [3.8, 4) is 5.75 Å². The van der Waals surface area contributed by atoms with Crippen molar-refractivity contribution in [1.82, 2.24) is 5.32 Å². The number of nitrogens with one attached hydrogen (secondary N) is 1. The molecule has 2 unspecified atom stereocenters. The van der Waals surface area contributed by atoms with Crippen LogP contribution in [0.1, 0.15) is 30.9 Å². The van der Waals surface area contributed by atoms with Crippen molar-refractivity contribution in [2.24, 2.45) is 11.3 Å². The first-order valence-corrected chi connectivity index (χ1v) is 7.88. The van der Waals surface area contributed by atoms with Gasteiger partial charge in [-0.2, -0.15) is 0 Å². The summed E-state index contributed by atoms with van der Waals surface area (Å²) in [5, 5.41) is 4.18. The molecule has 1 aromatic rings. The van der Waals surface area contributed by atoms with Gasteiger partial charge in [0.25, 0.3) is 0 Å². The molecule has 3 nitrogen and oxygen atoms in total. The molecular formula is C16H20ClNO2. The Bertz CT molecular complexity index is 513. The zero-order valence-electron chi connectivity index (χ0n) is 11.5. The second kappa shape index (κ2) is 4.90. The van der Waals surface area contributed by atoms with E-state index in [1.807, 2.05) is 12.1 Å². The van der Waals surface area contributed by atoms with Crippen LogP contribution in [-0.2, 0) is 4.74 Å². The van der Waals surface area contributed by atoms with Crippen molar-refractivity contribution in [2.45, 2.75) is 25.4 Å². The highest BCUT2D eigenvalue weighted by molar-refractivity contribution is 6.30. The van der Waals surface area contributed by atoms with Gasteiger partial charge in [-0.05, 0) is 49.9 Å². The lowest BCUT2D eigenvalue weighted by Crippen LogP contribution is -2.47. The van der Waals surface area contributed by atoms with Gasteiger partial charge in [-0.15, -0.1) is 0 Å². The molecule has 1 aromatic carbocycles. The number of hydrogen-bond donors (Lipinski definition) is 1. The highest BCUT2D eigenvalue weighted by Gasteiger charge is 2.45. The Hall–Kier alpha value is -0.770. The van der Waals surface area contributed by atoms with Crippen LogP contribution in [0.25, 0.3) is 0 Å². The van der Waals surface area contributed by atoms with Crippen LogP contribution in [0, 0.1) is 11.3 Å². The molecule has 1 spiro atoms. The van der Waals surface area contributed by atoms with Gasteiger partial charge in [-0.25, -0.2) is 0 Å². The van der Waals surface area contributed by atoms with Gasteiger partial charge in [0.2, 0.25) is 0 Å². The maximum absolute atomic E-state index is 6.29. The topological polar surface area (TPSA) is 30.5 Å². The van der Waals surface area contributed by atoms with Crippen LogP contribution >= 0.6 is 11.6 Å². The Morgan fingerprint density at radius 3 is 2.95 bits per heavy atom. The van der Waals surface area contributed by atoms with E-state index in [1.54, 1.807) is 0 Å². The van der Waals surface area contributed by atoms with E-state index in [0.29, 0.717) is 11.3 Å². The monoisotopic (exact) mass is 293 g/mol. The van der Waals surface area contributed by atoms with Crippen LogP contribution in [0.4, 0.5) is 0 Å². The highest BCUT2D eigenvalue weighted by Crippen LogP contribution is 2.50. The van der Waals surface area contributed by atoms with Crippen LogP contribution in [0.3, 0.4) is 0 Å². The minimum atomic E-state index is 0.191. The van der Waals surface area contributed by atoms with E-state index in [2.05, 4.69) is 11.4 Å². The van der Waals surface area contributed by atoms with Crippen LogP contribution in [0.5, 0.6) is 5.75 Å². The van der Waals surface area contributed by atoms with Crippen LogP contribution in [-0.4, -0.2) is 26.3 Å². The SMILES string of the molecule is Clc1ccc2c(c1)OCC1CC3(CCNCC3)COC21. The second-order valence-corrected chi connectivity index (χ2v) is 6.88. The maximum Gasteiger partial charge on any atom is 0.126 e. The summed E-state index contributed by atoms with van der Waals surface area (Å²) in [5.74, 6) is 1.38. The van der Waals surface area contributed by atoms with Gasteiger partial charge < -0.3 is 14.8 Å². The highest BCUT2D eigenvalue weighted by atomic mass is 35.5. The number of rotatable bonds is 0. The maximum atomic E-state index is 6.29. The van der Waals surface area contributed by atoms with E-state index in [-0.39, 0.29) is 6.10 Å². The molecule has 4 heteroatoms. The van der Waals surface area contributed by atoms with Crippen molar-refractivity contribution < 1.29 is 9.47 Å². The predicted molar refractivity (Wildman–Crippen MR) is 78.3 cm³/mol. The number of hydrogen-bond acceptors (Lipinski definition) is 3. The summed E-state index contributed by atoms with van der Waals surface area (Å²) in [6.07, 6.45) is 3.87. The van der Waals surface area contributed by atoms with E-state index in [9.17, 15) is 0 Å². The van der Waals surface area contributed by atoms with Crippen molar-refractivity contribution in [3.05, 3.63) is 28.8 Å². The average Bonchev–Trinajstić information content (AvgIpc) is 2.47. The van der Waals surface area contributed by atoms with Gasteiger partial charge >= 0.3 is 0 Å². The fourth-order valence-electron chi connectivity index (χ4n) is 3.99. The number of halogens is 1. The lowest BCUT2D eigenvalue weighted by Gasteiger charge is -2.48. The van der Waals surface area contributed by atoms with E-state index < -0.39 is 0 Å². The van der Waals surface area contributed by atoms with E-state index >= 15 is 0 Å². The van der Waals surface area contributed by atoms with Gasteiger partial charge in [-0.1, -0.05) is 17.7 Å². The molecule has 3 aliphatic rings. The third-order valence-corrected chi connectivity index (χ3v) is 5.33. The largest absolute Gasteiger partial charge is 0.493 e. The molecule has 0 bridgehead atoms. The molecule has 0 saturated carbocycles. The second-order valence-electron chi connectivity index (χ2n) is 6.44. The Kier molecular flexibility index (Phi) is 3.17. The normalized spacial score (nSPS) is 31.2. The molecule has 2 fully saturated rings. The summed E-state index contributed by atoms with van der Waals surface area (Å²) < 4.78 is 12.2. The van der Waals surface area contributed by atoms with Crippen molar-refractivity contribution >= 4 is 11.6 Å². The lowest BCUT2D eigenvalue weighted by molar-refractivity contribution is -0.128. The Labute approximate surface area is 124 Å². The fraction of sp³-hybridized carbons (Fsp3) is 0.625. The minimum absolute atomic E-state index is 0.191. The van der Waals surface area contributed by atoms with Crippen molar-refractivity contribution in [2.75, 3.05) is 26.3 Å². The minimum Gasteiger partial charge on any atom is -0.493 e. The van der Waals surface area contributed by atoms with Gasteiger partial charge in [0.05, 0.1) is 19.3 Å². The summed E-state index contributed by atoms with van der Waals surface area (Å²) in [4.78, 5) is 0. The van der Waals surface area contributed by atoms with E-state index in [0.717, 1.165) is 37.1 Å². The molecule has 0 aliphatic carbocycles. The van der Waals surface area contributed by atoms with Crippen molar-refractivity contribution in [1.29, 1.82) is 0 Å². The first-order valence-electron chi connectivity index (χ1n) is 7.50. The molecule has 108 valence electrons. The molecule has 0 aromatic heterocycles. The standard InChI is InChI=1S/C16H20ClNO2/c17-12-1-2-13-14(7-12)19-9-11-8-16(10-20-15(11)13)3-5-18-6-4-16/h1-2,7,11,15,18H,3-6,8-10H2. The van der Waals surface area contributed by atoms with Gasteiger partial charge in [-0.3, -0.25) is 0 Å². The van der Waals surface area contributed by atoms with Crippen LogP contribution < -0.4 is 10.1 Å². The summed E-state index contributed by atoms with van der Waals surface area (Å²) >= 11 is 6.04. The van der Waals surface area contributed by atoms with Gasteiger partial charge in [0, 0.05) is 16.5 Å². The molecule has 0 amide bonds. The zero-order chi connectivity index (χ0) is 13.6. The molecule has 4 rings (SSSR count). The quantitative estimate of drug-likeness (QED) is 0.797. The summed E-state index contributed by atoms with van der Waals surface area (Å²) in [5.41, 5.74) is 1.55. The average molecular weight is 294 g/mol. The molecule has 0 radical (unpaired) electrons. The Morgan fingerprint density at radius 2 is 2.10 bits per heavy atom. The van der Waals surface area contributed by atoms with Crippen molar-refractivity contribution in [3.63, 3.8) is 0 Å². The number of benzene rings is 1. The van der Waals surface area contributed by atoms with E-state index in [1.165, 1.54) is 24.8 Å². The summed E-state index contributed by atoms with van der Waals surface area (Å²) in [6, 6.07) is 5.91. The lowest BCUT2D eigenvalue weighted by atomic mass is 9.69. The smallest absolute Gasteiger partial charge is 0.126 e. The number of ether oxygens (including phenoxy) is 2. The van der Waals surface area contributed by atoms with E-state index in [4.69, 9.17) is 21.1 Å². The Morgan fingerprint density at radius 1 is 1.25 bits per heavy atom. The van der Waals surface area contributed by atoms with Crippen LogP contribution in [0.15, 0.2) is 18.2 Å². The molecule has 3 aliphatic heterocycles. The predicted octanol–water partition coefficient (Wildman–Crippen LogP) is 3.18. The third kappa shape index (κ3) is 2.12. The molecule has 2 saturated heterocycles. The van der Waals surface area contributed by atoms with Gasteiger partial charge in [0.15, 0.2) is 0 Å². The number of fused-ring (bicyclic) bond motifs is 3. The van der Waals surface area contributed by atoms with Crippen LogP contribution in [0.2, 0.25) is 5.02 Å². The molecule has 2 atom stereocenters. The fourth-order valence-corrected chi connectivity index (χ4v) is 4.15. The third-order valence-electron chi connectivity index (χ3n) is 5.09. The summed E-state index contributed by atoms with van der Waals surface area (Å²) in [7, 11) is 0. The Balaban J connectivity index is 1.59. The number of piperidine rings is 1.